The number of carbonyl (C=O) groups is 2. The number of amides is 1. The Labute approximate surface area is 138 Å². The molecule has 0 spiro atoms. The molecule has 120 valence electrons. The summed E-state index contributed by atoms with van der Waals surface area (Å²) in [6, 6.07) is 7.13. The number of rotatable bonds is 5. The third-order valence-electron chi connectivity index (χ3n) is 4.22. The minimum atomic E-state index is -0.855. The maximum Gasteiger partial charge on any atom is 0.311 e. The molecular formula is C16H16ClN3O3. The van der Waals surface area contributed by atoms with Crippen LogP contribution in [0.3, 0.4) is 0 Å². The van der Waals surface area contributed by atoms with Gasteiger partial charge in [-0.2, -0.15) is 5.10 Å². The maximum absolute atomic E-state index is 12.3. The first-order valence-corrected chi connectivity index (χ1v) is 7.63. The second-order valence-corrected chi connectivity index (χ2v) is 6.24. The monoisotopic (exact) mass is 333 g/mol. The molecule has 1 aliphatic carbocycles. The van der Waals surface area contributed by atoms with Gasteiger partial charge in [0, 0.05) is 11.6 Å². The number of carboxylic acids is 1. The lowest BCUT2D eigenvalue weighted by atomic mass is 10.1. The minimum absolute atomic E-state index is 0.146. The number of benzene rings is 1. The van der Waals surface area contributed by atoms with E-state index in [-0.39, 0.29) is 12.5 Å². The SMILES string of the molecule is Cc1c(C(=O)NCC2(C(=O)O)CC2)cnn1-c1ccc(Cl)cc1. The van der Waals surface area contributed by atoms with E-state index in [1.54, 1.807) is 23.7 Å². The number of hydrogen-bond donors (Lipinski definition) is 2. The summed E-state index contributed by atoms with van der Waals surface area (Å²) in [4.78, 5) is 23.4. The van der Waals surface area contributed by atoms with Crippen LogP contribution in [0.1, 0.15) is 28.9 Å². The third kappa shape index (κ3) is 2.94. The van der Waals surface area contributed by atoms with E-state index in [1.165, 1.54) is 6.20 Å². The third-order valence-corrected chi connectivity index (χ3v) is 4.47. The molecule has 3 rings (SSSR count). The van der Waals surface area contributed by atoms with Crippen molar-refractivity contribution < 1.29 is 14.7 Å². The first kappa shape index (κ1) is 15.6. The molecule has 0 unspecified atom stereocenters. The fourth-order valence-corrected chi connectivity index (χ4v) is 2.56. The van der Waals surface area contributed by atoms with Crippen LogP contribution in [0.25, 0.3) is 5.69 Å². The Balaban J connectivity index is 1.75. The average Bonchev–Trinajstić information content (AvgIpc) is 3.23. The molecule has 2 N–H and O–H groups in total. The van der Waals surface area contributed by atoms with Crippen LogP contribution in [-0.2, 0) is 4.79 Å². The standard InChI is InChI=1S/C16H16ClN3O3/c1-10-13(14(21)18-9-16(6-7-16)15(22)23)8-19-20(10)12-4-2-11(17)3-5-12/h2-5,8H,6-7,9H2,1H3,(H,18,21)(H,22,23). The van der Waals surface area contributed by atoms with Crippen LogP contribution >= 0.6 is 11.6 Å². The van der Waals surface area contributed by atoms with Crippen LogP contribution in [0.5, 0.6) is 0 Å². The number of nitrogens with one attached hydrogen (secondary N) is 1. The second kappa shape index (κ2) is 5.70. The molecule has 0 atom stereocenters. The molecule has 23 heavy (non-hydrogen) atoms. The van der Waals surface area contributed by atoms with Crippen molar-refractivity contribution >= 4 is 23.5 Å². The summed E-state index contributed by atoms with van der Waals surface area (Å²) in [7, 11) is 0. The Morgan fingerprint density at radius 2 is 2.00 bits per heavy atom. The molecule has 0 bridgehead atoms. The van der Waals surface area contributed by atoms with Crippen LogP contribution in [-0.4, -0.2) is 33.3 Å². The van der Waals surface area contributed by atoms with Crippen LogP contribution < -0.4 is 5.32 Å². The minimum Gasteiger partial charge on any atom is -0.481 e. The quantitative estimate of drug-likeness (QED) is 0.880. The van der Waals surface area contributed by atoms with Crippen molar-refractivity contribution in [3.63, 3.8) is 0 Å². The fraction of sp³-hybridized carbons (Fsp3) is 0.312. The summed E-state index contributed by atoms with van der Waals surface area (Å²) < 4.78 is 1.65. The van der Waals surface area contributed by atoms with Gasteiger partial charge in [0.25, 0.3) is 5.91 Å². The number of aromatic nitrogens is 2. The van der Waals surface area contributed by atoms with Crippen molar-refractivity contribution in [2.45, 2.75) is 19.8 Å². The van der Waals surface area contributed by atoms with E-state index in [1.807, 2.05) is 12.1 Å². The summed E-state index contributed by atoms with van der Waals surface area (Å²) >= 11 is 5.87. The van der Waals surface area contributed by atoms with Gasteiger partial charge in [0.05, 0.1) is 28.6 Å². The van der Waals surface area contributed by atoms with Crippen LogP contribution in [0.15, 0.2) is 30.5 Å². The molecule has 1 aliphatic rings. The molecular weight excluding hydrogens is 318 g/mol. The number of hydrogen-bond acceptors (Lipinski definition) is 3. The van der Waals surface area contributed by atoms with Crippen molar-refractivity contribution in [1.82, 2.24) is 15.1 Å². The largest absolute Gasteiger partial charge is 0.481 e. The molecule has 1 aromatic carbocycles. The lowest BCUT2D eigenvalue weighted by Gasteiger charge is -2.11. The van der Waals surface area contributed by atoms with Crippen LogP contribution in [0.4, 0.5) is 0 Å². The fourth-order valence-electron chi connectivity index (χ4n) is 2.44. The van der Waals surface area contributed by atoms with Gasteiger partial charge in [-0.1, -0.05) is 11.6 Å². The van der Waals surface area contributed by atoms with E-state index >= 15 is 0 Å². The number of halogens is 1. The van der Waals surface area contributed by atoms with Crippen LogP contribution in [0.2, 0.25) is 5.02 Å². The predicted octanol–water partition coefficient (Wildman–Crippen LogP) is 2.43. The van der Waals surface area contributed by atoms with Gasteiger partial charge >= 0.3 is 5.97 Å². The van der Waals surface area contributed by atoms with Crippen molar-refractivity contribution in [3.8, 4) is 5.69 Å². The Bertz CT molecular complexity index is 763. The van der Waals surface area contributed by atoms with Gasteiger partial charge in [-0.15, -0.1) is 0 Å². The van der Waals surface area contributed by atoms with E-state index in [4.69, 9.17) is 16.7 Å². The molecule has 1 amide bonds. The van der Waals surface area contributed by atoms with Gasteiger partial charge in [-0.05, 0) is 44.0 Å². The zero-order chi connectivity index (χ0) is 16.6. The van der Waals surface area contributed by atoms with E-state index in [0.717, 1.165) is 5.69 Å². The molecule has 6 nitrogen and oxygen atoms in total. The summed E-state index contributed by atoms with van der Waals surface area (Å²) in [5.74, 6) is -1.17. The molecule has 1 fully saturated rings. The molecule has 1 saturated carbocycles. The molecule has 1 aromatic heterocycles. The number of aliphatic carboxylic acids is 1. The Kier molecular flexibility index (Phi) is 3.85. The lowest BCUT2D eigenvalue weighted by Crippen LogP contribution is -2.34. The van der Waals surface area contributed by atoms with Gasteiger partial charge in [-0.25, -0.2) is 4.68 Å². The van der Waals surface area contributed by atoms with Crippen molar-refractivity contribution in [3.05, 3.63) is 46.7 Å². The van der Waals surface area contributed by atoms with E-state index < -0.39 is 11.4 Å². The normalized spacial score (nSPS) is 15.2. The highest BCUT2D eigenvalue weighted by atomic mass is 35.5. The van der Waals surface area contributed by atoms with Gasteiger partial charge in [0.1, 0.15) is 0 Å². The van der Waals surface area contributed by atoms with Gasteiger partial charge in [0.15, 0.2) is 0 Å². The van der Waals surface area contributed by atoms with E-state index in [9.17, 15) is 9.59 Å². The maximum atomic E-state index is 12.3. The predicted molar refractivity (Wildman–Crippen MR) is 84.9 cm³/mol. The number of nitrogens with zero attached hydrogens (tertiary/aromatic N) is 2. The first-order chi connectivity index (χ1) is 10.9. The molecule has 0 aliphatic heterocycles. The van der Waals surface area contributed by atoms with Crippen molar-refractivity contribution in [2.75, 3.05) is 6.54 Å². The van der Waals surface area contributed by atoms with Crippen LogP contribution in [0, 0.1) is 12.3 Å². The molecule has 0 saturated heterocycles. The number of carboxylic acid groups (broad SMARTS) is 1. The Morgan fingerprint density at radius 3 is 2.57 bits per heavy atom. The van der Waals surface area contributed by atoms with Crippen molar-refractivity contribution in [2.24, 2.45) is 5.41 Å². The zero-order valence-electron chi connectivity index (χ0n) is 12.5. The summed E-state index contributed by atoms with van der Waals surface area (Å²) in [6.07, 6.45) is 2.69. The number of carbonyl (C=O) groups excluding carboxylic acids is 1. The molecule has 0 radical (unpaired) electrons. The Hall–Kier alpha value is -2.34. The smallest absolute Gasteiger partial charge is 0.311 e. The molecule has 7 heteroatoms. The second-order valence-electron chi connectivity index (χ2n) is 5.80. The highest BCUT2D eigenvalue weighted by Crippen LogP contribution is 2.45. The summed E-state index contributed by atoms with van der Waals surface area (Å²) in [5.41, 5.74) is 1.14. The first-order valence-electron chi connectivity index (χ1n) is 7.25. The van der Waals surface area contributed by atoms with Gasteiger partial charge < -0.3 is 10.4 Å². The van der Waals surface area contributed by atoms with Crippen molar-refractivity contribution in [1.29, 1.82) is 0 Å². The van der Waals surface area contributed by atoms with Gasteiger partial charge in [0.2, 0.25) is 0 Å². The lowest BCUT2D eigenvalue weighted by molar-refractivity contribution is -0.143. The highest BCUT2D eigenvalue weighted by molar-refractivity contribution is 6.30. The zero-order valence-corrected chi connectivity index (χ0v) is 13.3. The highest BCUT2D eigenvalue weighted by Gasteiger charge is 2.50. The molecule has 1 heterocycles. The van der Waals surface area contributed by atoms with E-state index in [0.29, 0.717) is 29.1 Å². The van der Waals surface area contributed by atoms with Gasteiger partial charge in [-0.3, -0.25) is 9.59 Å². The molecule has 2 aromatic rings. The average molecular weight is 334 g/mol. The van der Waals surface area contributed by atoms with E-state index in [2.05, 4.69) is 10.4 Å². The Morgan fingerprint density at radius 1 is 1.35 bits per heavy atom. The summed E-state index contributed by atoms with van der Waals surface area (Å²) in [6.45, 7) is 1.94. The topological polar surface area (TPSA) is 84.2 Å². The summed E-state index contributed by atoms with van der Waals surface area (Å²) in [5, 5.41) is 16.7.